The number of rotatable bonds is 17. The van der Waals surface area contributed by atoms with Crippen LogP contribution in [0.25, 0.3) is 0 Å². The van der Waals surface area contributed by atoms with Crippen molar-refractivity contribution in [1.29, 1.82) is 0 Å². The molecule has 0 saturated heterocycles. The largest absolute Gasteiger partial charge is 0.370 e. The highest BCUT2D eigenvalue weighted by molar-refractivity contribution is 5.93. The number of aliphatic imine (C=N–C) groups is 2. The predicted octanol–water partition coefficient (Wildman–Crippen LogP) is -1.05. The Kier molecular flexibility index (Phi) is 14.2. The molecule has 3 amide bonds. The van der Waals surface area contributed by atoms with E-state index >= 15 is 0 Å². The number of carbonyl (C=O) groups excluding carboxylic acids is 3. The number of hydrogen-bond donors (Lipinski definition) is 8. The van der Waals surface area contributed by atoms with Gasteiger partial charge in [-0.15, -0.1) is 0 Å². The van der Waals surface area contributed by atoms with E-state index in [0.29, 0.717) is 38.9 Å². The van der Waals surface area contributed by atoms with Crippen molar-refractivity contribution in [2.45, 2.75) is 56.8 Å². The third-order valence-electron chi connectivity index (χ3n) is 6.11. The summed E-state index contributed by atoms with van der Waals surface area (Å²) in [5.74, 6) is -1.48. The summed E-state index contributed by atoms with van der Waals surface area (Å²) < 4.78 is 0. The highest BCUT2D eigenvalue weighted by Gasteiger charge is 2.28. The van der Waals surface area contributed by atoms with Gasteiger partial charge in [-0.2, -0.15) is 0 Å². The third kappa shape index (κ3) is 13.3. The highest BCUT2D eigenvalue weighted by Crippen LogP contribution is 2.07. The fraction of sp³-hybridized carbons (Fsp3) is 0.393. The minimum atomic E-state index is -0.976. The van der Waals surface area contributed by atoms with Gasteiger partial charge >= 0.3 is 0 Å². The fourth-order valence-corrected chi connectivity index (χ4v) is 3.94. The maximum atomic E-state index is 13.5. The number of nitrogens with two attached hydrogens (primary N) is 5. The molecule has 222 valence electrons. The molecule has 0 bridgehead atoms. The van der Waals surface area contributed by atoms with Crippen molar-refractivity contribution in [1.82, 2.24) is 16.0 Å². The number of nitrogens with zero attached hydrogens (tertiary/aromatic N) is 2. The van der Waals surface area contributed by atoms with Crippen LogP contribution in [0.1, 0.15) is 36.8 Å². The predicted molar refractivity (Wildman–Crippen MR) is 160 cm³/mol. The second kappa shape index (κ2) is 17.8. The van der Waals surface area contributed by atoms with Crippen molar-refractivity contribution in [3.63, 3.8) is 0 Å². The van der Waals surface area contributed by atoms with E-state index in [-0.39, 0.29) is 30.7 Å². The summed E-state index contributed by atoms with van der Waals surface area (Å²) in [4.78, 5) is 47.4. The number of hydrogen-bond acceptors (Lipinski definition) is 6. The van der Waals surface area contributed by atoms with Gasteiger partial charge in [0.25, 0.3) is 0 Å². The molecule has 0 unspecified atom stereocenters. The topological polar surface area (TPSA) is 242 Å². The Labute approximate surface area is 240 Å². The molecule has 0 radical (unpaired) electrons. The Balaban J connectivity index is 2.13. The van der Waals surface area contributed by atoms with Crippen molar-refractivity contribution in [3.8, 4) is 0 Å². The lowest BCUT2D eigenvalue weighted by atomic mass is 10.0. The standard InChI is InChI=1S/C28H42N10O3/c29-21(13-7-15-34-27(30)31)24(39)38-23(17-19-9-3-1-4-10-19)26(41)37-22(14-8-16-35-28(32)33)25(40)36-18-20-11-5-2-6-12-20/h1-6,9-12,21-23H,7-8,13-18,29H2,(H,36,40)(H,37,41)(H,38,39)(H4,30,31,34)(H4,32,33,35)/t21-,22-,23-/m0/s1. The van der Waals surface area contributed by atoms with E-state index < -0.39 is 29.9 Å². The summed E-state index contributed by atoms with van der Waals surface area (Å²) in [6.45, 7) is 0.912. The summed E-state index contributed by atoms with van der Waals surface area (Å²) in [7, 11) is 0. The number of nitrogens with one attached hydrogen (secondary N) is 3. The Morgan fingerprint density at radius 1 is 0.659 bits per heavy atom. The first kappa shape index (κ1) is 32.6. The van der Waals surface area contributed by atoms with Crippen molar-refractivity contribution in [2.24, 2.45) is 38.7 Å². The molecule has 0 spiro atoms. The molecule has 0 saturated carbocycles. The van der Waals surface area contributed by atoms with Crippen LogP contribution in [0.5, 0.6) is 0 Å². The molecule has 41 heavy (non-hydrogen) atoms. The van der Waals surface area contributed by atoms with E-state index in [1.54, 1.807) is 0 Å². The van der Waals surface area contributed by atoms with Gasteiger partial charge in [-0.05, 0) is 36.8 Å². The first-order valence-corrected chi connectivity index (χ1v) is 13.5. The monoisotopic (exact) mass is 566 g/mol. The molecule has 2 aromatic rings. The van der Waals surface area contributed by atoms with Gasteiger partial charge in [0.2, 0.25) is 17.7 Å². The lowest BCUT2D eigenvalue weighted by Gasteiger charge is -2.24. The molecule has 2 rings (SSSR count). The Morgan fingerprint density at radius 2 is 1.17 bits per heavy atom. The molecule has 0 aromatic heterocycles. The zero-order valence-electron chi connectivity index (χ0n) is 23.2. The lowest BCUT2D eigenvalue weighted by molar-refractivity contribution is -0.132. The number of benzene rings is 2. The maximum Gasteiger partial charge on any atom is 0.243 e. The van der Waals surface area contributed by atoms with E-state index in [2.05, 4.69) is 25.9 Å². The summed E-state index contributed by atoms with van der Waals surface area (Å²) >= 11 is 0. The van der Waals surface area contributed by atoms with Crippen LogP contribution in [0.4, 0.5) is 0 Å². The number of carbonyl (C=O) groups is 3. The smallest absolute Gasteiger partial charge is 0.243 e. The summed E-state index contributed by atoms with van der Waals surface area (Å²) in [5.41, 5.74) is 29.3. The molecule has 0 aliphatic rings. The molecule has 3 atom stereocenters. The van der Waals surface area contributed by atoms with Gasteiger partial charge in [-0.25, -0.2) is 0 Å². The van der Waals surface area contributed by atoms with E-state index in [0.717, 1.165) is 11.1 Å². The third-order valence-corrected chi connectivity index (χ3v) is 6.11. The molecule has 2 aromatic carbocycles. The summed E-state index contributed by atoms with van der Waals surface area (Å²) in [6.07, 6.45) is 1.72. The maximum absolute atomic E-state index is 13.5. The summed E-state index contributed by atoms with van der Waals surface area (Å²) in [5, 5.41) is 8.42. The van der Waals surface area contributed by atoms with Crippen molar-refractivity contribution in [2.75, 3.05) is 13.1 Å². The zero-order valence-corrected chi connectivity index (χ0v) is 23.2. The molecule has 0 aliphatic carbocycles. The van der Waals surface area contributed by atoms with Gasteiger partial charge in [0, 0.05) is 26.1 Å². The first-order chi connectivity index (χ1) is 19.7. The minimum Gasteiger partial charge on any atom is -0.370 e. The summed E-state index contributed by atoms with van der Waals surface area (Å²) in [6, 6.07) is 15.9. The number of amides is 3. The van der Waals surface area contributed by atoms with Gasteiger partial charge < -0.3 is 44.6 Å². The Morgan fingerprint density at radius 3 is 1.73 bits per heavy atom. The minimum absolute atomic E-state index is 0.0386. The van der Waals surface area contributed by atoms with Gasteiger partial charge in [0.1, 0.15) is 12.1 Å². The second-order valence-electron chi connectivity index (χ2n) is 9.52. The first-order valence-electron chi connectivity index (χ1n) is 13.5. The lowest BCUT2D eigenvalue weighted by Crippen LogP contribution is -2.56. The van der Waals surface area contributed by atoms with Gasteiger partial charge in [-0.3, -0.25) is 24.4 Å². The SMILES string of the molecule is NC(N)=NCCC[C@H](NC(=O)[C@H](Cc1ccccc1)NC(=O)[C@@H](N)CCCN=C(N)N)C(=O)NCc1ccccc1. The average molecular weight is 567 g/mol. The van der Waals surface area contributed by atoms with Crippen LogP contribution in [0.3, 0.4) is 0 Å². The van der Waals surface area contributed by atoms with Crippen LogP contribution < -0.4 is 44.6 Å². The molecule has 0 heterocycles. The second-order valence-corrected chi connectivity index (χ2v) is 9.52. The van der Waals surface area contributed by atoms with Crippen LogP contribution in [-0.4, -0.2) is 60.9 Å². The molecule has 0 fully saturated rings. The van der Waals surface area contributed by atoms with Crippen molar-refractivity contribution in [3.05, 3.63) is 71.8 Å². The van der Waals surface area contributed by atoms with Crippen LogP contribution >= 0.6 is 0 Å². The van der Waals surface area contributed by atoms with Gasteiger partial charge in [-0.1, -0.05) is 60.7 Å². The van der Waals surface area contributed by atoms with Crippen LogP contribution in [-0.2, 0) is 27.3 Å². The molecule has 13 nitrogen and oxygen atoms in total. The van der Waals surface area contributed by atoms with E-state index in [1.165, 1.54) is 0 Å². The van der Waals surface area contributed by atoms with Crippen LogP contribution in [0, 0.1) is 0 Å². The quantitative estimate of drug-likeness (QED) is 0.0665. The molecular formula is C28H42N10O3. The molecule has 0 aliphatic heterocycles. The van der Waals surface area contributed by atoms with E-state index in [4.69, 9.17) is 28.7 Å². The van der Waals surface area contributed by atoms with Crippen LogP contribution in [0.15, 0.2) is 70.6 Å². The van der Waals surface area contributed by atoms with Crippen molar-refractivity contribution >= 4 is 29.6 Å². The average Bonchev–Trinajstić information content (AvgIpc) is 2.95. The van der Waals surface area contributed by atoms with Gasteiger partial charge in [0.15, 0.2) is 11.9 Å². The Hall–Kier alpha value is -4.65. The van der Waals surface area contributed by atoms with E-state index in [1.807, 2.05) is 60.7 Å². The fourth-order valence-electron chi connectivity index (χ4n) is 3.94. The van der Waals surface area contributed by atoms with Crippen LogP contribution in [0.2, 0.25) is 0 Å². The van der Waals surface area contributed by atoms with Crippen molar-refractivity contribution < 1.29 is 14.4 Å². The molecule has 13 N–H and O–H groups in total. The normalized spacial score (nSPS) is 12.7. The van der Waals surface area contributed by atoms with Gasteiger partial charge in [0.05, 0.1) is 6.04 Å². The molecular weight excluding hydrogens is 524 g/mol. The zero-order chi connectivity index (χ0) is 30.0. The number of guanidine groups is 2. The van der Waals surface area contributed by atoms with E-state index in [9.17, 15) is 14.4 Å². The molecule has 13 heteroatoms. The highest BCUT2D eigenvalue weighted by atomic mass is 16.2. The Bertz CT molecular complexity index is 1150.